The van der Waals surface area contributed by atoms with Crippen LogP contribution in [0.25, 0.3) is 0 Å². The van der Waals surface area contributed by atoms with E-state index in [4.69, 9.17) is 18.9 Å². The zero-order valence-electron chi connectivity index (χ0n) is 17.6. The second kappa shape index (κ2) is 17.3. The van der Waals surface area contributed by atoms with E-state index in [0.717, 1.165) is 70.8 Å². The van der Waals surface area contributed by atoms with Gasteiger partial charge in [0.1, 0.15) is 6.10 Å². The van der Waals surface area contributed by atoms with Crippen molar-refractivity contribution in [1.82, 2.24) is 0 Å². The van der Waals surface area contributed by atoms with Gasteiger partial charge in [-0.05, 0) is 32.1 Å². The SMILES string of the molecule is CCCCOC(CCC)C(OCCCC)(OCCCC)OCCCC. The fraction of sp³-hybridized carbons (Fsp3) is 1.00. The summed E-state index contributed by atoms with van der Waals surface area (Å²) in [5, 5.41) is 0. The molecule has 0 aromatic carbocycles. The lowest BCUT2D eigenvalue weighted by atomic mass is 10.1. The first-order valence-electron chi connectivity index (χ1n) is 10.7. The van der Waals surface area contributed by atoms with Gasteiger partial charge in [0, 0.05) is 6.61 Å². The molecule has 25 heavy (non-hydrogen) atoms. The number of hydrogen-bond donors (Lipinski definition) is 0. The summed E-state index contributed by atoms with van der Waals surface area (Å²) in [6.45, 7) is 13.5. The fourth-order valence-electron chi connectivity index (χ4n) is 2.47. The Kier molecular flexibility index (Phi) is 17.2. The lowest BCUT2D eigenvalue weighted by Crippen LogP contribution is -2.52. The van der Waals surface area contributed by atoms with Crippen LogP contribution in [0.4, 0.5) is 0 Å². The highest BCUT2D eigenvalue weighted by molar-refractivity contribution is 4.73. The maximum atomic E-state index is 6.24. The van der Waals surface area contributed by atoms with Crippen molar-refractivity contribution in [3.8, 4) is 0 Å². The Hall–Kier alpha value is -0.160. The fourth-order valence-corrected chi connectivity index (χ4v) is 2.47. The van der Waals surface area contributed by atoms with E-state index in [2.05, 4.69) is 34.6 Å². The van der Waals surface area contributed by atoms with Gasteiger partial charge in [0.15, 0.2) is 0 Å². The average Bonchev–Trinajstić information content (AvgIpc) is 2.61. The zero-order valence-corrected chi connectivity index (χ0v) is 17.6. The second-order valence-electron chi connectivity index (χ2n) is 6.71. The first kappa shape index (κ1) is 24.8. The third-order valence-corrected chi connectivity index (χ3v) is 4.17. The van der Waals surface area contributed by atoms with Gasteiger partial charge in [0.2, 0.25) is 0 Å². The normalized spacial score (nSPS) is 13.3. The van der Waals surface area contributed by atoms with Crippen molar-refractivity contribution < 1.29 is 18.9 Å². The molecule has 0 spiro atoms. The lowest BCUT2D eigenvalue weighted by Gasteiger charge is -2.39. The van der Waals surface area contributed by atoms with Gasteiger partial charge in [0.05, 0.1) is 19.8 Å². The van der Waals surface area contributed by atoms with Gasteiger partial charge in [-0.15, -0.1) is 0 Å². The topological polar surface area (TPSA) is 36.9 Å². The van der Waals surface area contributed by atoms with E-state index >= 15 is 0 Å². The summed E-state index contributed by atoms with van der Waals surface area (Å²) in [5.74, 6) is -1.05. The molecule has 0 bridgehead atoms. The van der Waals surface area contributed by atoms with Crippen LogP contribution < -0.4 is 0 Å². The Balaban J connectivity index is 5.19. The van der Waals surface area contributed by atoms with Crippen molar-refractivity contribution in [1.29, 1.82) is 0 Å². The third-order valence-electron chi connectivity index (χ3n) is 4.17. The molecule has 0 amide bonds. The largest absolute Gasteiger partial charge is 0.370 e. The molecule has 4 heteroatoms. The van der Waals surface area contributed by atoms with E-state index in [1.165, 1.54) is 0 Å². The maximum absolute atomic E-state index is 6.24. The number of rotatable bonds is 19. The molecule has 0 heterocycles. The van der Waals surface area contributed by atoms with E-state index in [1.807, 2.05) is 0 Å². The molecule has 0 N–H and O–H groups in total. The summed E-state index contributed by atoms with van der Waals surface area (Å²) in [4.78, 5) is 0. The molecule has 152 valence electrons. The molecule has 0 rings (SSSR count). The molecule has 0 aliphatic heterocycles. The van der Waals surface area contributed by atoms with Gasteiger partial charge < -0.3 is 18.9 Å². The van der Waals surface area contributed by atoms with Crippen LogP contribution in [0.3, 0.4) is 0 Å². The molecule has 0 saturated heterocycles. The van der Waals surface area contributed by atoms with Gasteiger partial charge >= 0.3 is 5.97 Å². The van der Waals surface area contributed by atoms with Crippen molar-refractivity contribution in [2.24, 2.45) is 0 Å². The van der Waals surface area contributed by atoms with E-state index in [0.29, 0.717) is 19.8 Å². The molecule has 0 saturated carbocycles. The van der Waals surface area contributed by atoms with Crippen molar-refractivity contribution >= 4 is 0 Å². The first-order valence-corrected chi connectivity index (χ1v) is 10.7. The Labute approximate surface area is 156 Å². The van der Waals surface area contributed by atoms with Crippen LogP contribution in [0, 0.1) is 0 Å². The Morgan fingerprint density at radius 3 is 1.32 bits per heavy atom. The molecular weight excluding hydrogens is 316 g/mol. The molecular formula is C21H44O4. The Bertz CT molecular complexity index is 244. The summed E-state index contributed by atoms with van der Waals surface area (Å²) in [7, 11) is 0. The second-order valence-corrected chi connectivity index (χ2v) is 6.71. The monoisotopic (exact) mass is 360 g/mol. The molecule has 0 aromatic rings. The predicted octanol–water partition coefficient (Wildman–Crippen LogP) is 6.08. The van der Waals surface area contributed by atoms with Crippen molar-refractivity contribution in [2.75, 3.05) is 26.4 Å². The van der Waals surface area contributed by atoms with Gasteiger partial charge in [-0.25, -0.2) is 0 Å². The van der Waals surface area contributed by atoms with Crippen LogP contribution in [0.5, 0.6) is 0 Å². The highest BCUT2D eigenvalue weighted by Gasteiger charge is 2.43. The van der Waals surface area contributed by atoms with Gasteiger partial charge in [-0.1, -0.05) is 66.7 Å². The molecule has 1 unspecified atom stereocenters. The molecule has 1 atom stereocenters. The predicted molar refractivity (Wildman–Crippen MR) is 105 cm³/mol. The van der Waals surface area contributed by atoms with E-state index < -0.39 is 5.97 Å². The smallest absolute Gasteiger partial charge is 0.310 e. The van der Waals surface area contributed by atoms with Gasteiger partial charge in [-0.3, -0.25) is 0 Å². The summed E-state index contributed by atoms with van der Waals surface area (Å²) in [5.41, 5.74) is 0. The summed E-state index contributed by atoms with van der Waals surface area (Å²) in [6, 6.07) is 0. The quantitative estimate of drug-likeness (QED) is 0.207. The van der Waals surface area contributed by atoms with Crippen molar-refractivity contribution in [3.63, 3.8) is 0 Å². The van der Waals surface area contributed by atoms with Crippen molar-refractivity contribution in [2.45, 2.75) is 111 Å². The number of ether oxygens (including phenoxy) is 4. The number of unbranched alkanes of at least 4 members (excludes halogenated alkanes) is 4. The van der Waals surface area contributed by atoms with E-state index in [9.17, 15) is 0 Å². The molecule has 4 nitrogen and oxygen atoms in total. The maximum Gasteiger partial charge on any atom is 0.310 e. The summed E-state index contributed by atoms with van der Waals surface area (Å²) < 4.78 is 24.9. The van der Waals surface area contributed by atoms with E-state index in [1.54, 1.807) is 0 Å². The van der Waals surface area contributed by atoms with Crippen LogP contribution in [0.15, 0.2) is 0 Å². The Morgan fingerprint density at radius 1 is 0.560 bits per heavy atom. The van der Waals surface area contributed by atoms with Crippen LogP contribution in [0.2, 0.25) is 0 Å². The Morgan fingerprint density at radius 2 is 0.960 bits per heavy atom. The van der Waals surface area contributed by atoms with Crippen molar-refractivity contribution in [3.05, 3.63) is 0 Å². The molecule has 0 radical (unpaired) electrons. The van der Waals surface area contributed by atoms with Gasteiger partial charge in [0.25, 0.3) is 0 Å². The average molecular weight is 361 g/mol. The first-order chi connectivity index (χ1) is 12.2. The highest BCUT2D eigenvalue weighted by atomic mass is 16.9. The van der Waals surface area contributed by atoms with Crippen LogP contribution in [-0.2, 0) is 18.9 Å². The minimum absolute atomic E-state index is 0.172. The standard InChI is InChI=1S/C21H44O4/c1-6-11-16-22-20(15-10-5)21(23-17-12-7-2,24-18-13-8-3)25-19-14-9-4/h20H,6-19H2,1-5H3. The molecule has 0 aliphatic carbocycles. The number of hydrogen-bond acceptors (Lipinski definition) is 4. The lowest BCUT2D eigenvalue weighted by molar-refractivity contribution is -0.419. The molecule has 0 aromatic heterocycles. The minimum Gasteiger partial charge on any atom is -0.370 e. The summed E-state index contributed by atoms with van der Waals surface area (Å²) >= 11 is 0. The van der Waals surface area contributed by atoms with Crippen LogP contribution >= 0.6 is 0 Å². The van der Waals surface area contributed by atoms with Crippen LogP contribution in [0.1, 0.15) is 98.8 Å². The molecule has 0 aliphatic rings. The zero-order chi connectivity index (χ0) is 18.8. The highest BCUT2D eigenvalue weighted by Crippen LogP contribution is 2.28. The minimum atomic E-state index is -1.05. The van der Waals surface area contributed by atoms with Gasteiger partial charge in [-0.2, -0.15) is 0 Å². The molecule has 0 fully saturated rings. The van der Waals surface area contributed by atoms with Crippen LogP contribution in [-0.4, -0.2) is 38.5 Å². The third kappa shape index (κ3) is 11.2. The van der Waals surface area contributed by atoms with E-state index in [-0.39, 0.29) is 6.10 Å². The summed E-state index contributed by atoms with van der Waals surface area (Å²) in [6.07, 6.45) is 10.2.